The number of anilines is 3. The van der Waals surface area contributed by atoms with E-state index in [0.717, 1.165) is 24.9 Å². The van der Waals surface area contributed by atoms with Gasteiger partial charge >= 0.3 is 0 Å². The van der Waals surface area contributed by atoms with Gasteiger partial charge in [0.25, 0.3) is 0 Å². The van der Waals surface area contributed by atoms with Crippen molar-refractivity contribution in [2.45, 2.75) is 19.3 Å². The molecule has 1 saturated carbocycles. The minimum atomic E-state index is 0.0242. The molecule has 7 heteroatoms. The van der Waals surface area contributed by atoms with Crippen molar-refractivity contribution in [1.29, 1.82) is 0 Å². The topological polar surface area (TPSA) is 85.4 Å². The van der Waals surface area contributed by atoms with E-state index in [2.05, 4.69) is 20.8 Å². The van der Waals surface area contributed by atoms with Gasteiger partial charge in [-0.1, -0.05) is 6.42 Å². The Hall–Kier alpha value is -2.83. The molecule has 24 heavy (non-hydrogen) atoms. The van der Waals surface area contributed by atoms with Gasteiger partial charge in [-0.2, -0.15) is 0 Å². The summed E-state index contributed by atoms with van der Waals surface area (Å²) in [6.45, 7) is 0. The molecule has 1 aliphatic carbocycles. The highest BCUT2D eigenvalue weighted by atomic mass is 16.5. The maximum atomic E-state index is 11.9. The number of benzene rings is 1. The number of rotatable bonds is 6. The number of amides is 1. The van der Waals surface area contributed by atoms with Crippen LogP contribution in [0, 0.1) is 5.92 Å². The van der Waals surface area contributed by atoms with Crippen molar-refractivity contribution in [2.75, 3.05) is 24.9 Å². The summed E-state index contributed by atoms with van der Waals surface area (Å²) >= 11 is 0. The molecule has 0 spiro atoms. The molecule has 7 nitrogen and oxygen atoms in total. The second-order valence-corrected chi connectivity index (χ2v) is 5.62. The average molecular weight is 328 g/mol. The number of hydrogen-bond donors (Lipinski definition) is 2. The van der Waals surface area contributed by atoms with Crippen molar-refractivity contribution in [3.05, 3.63) is 30.3 Å². The van der Waals surface area contributed by atoms with Crippen LogP contribution >= 0.6 is 0 Å². The van der Waals surface area contributed by atoms with Crippen LogP contribution in [0.2, 0.25) is 0 Å². The standard InChI is InChI=1S/C17H20N4O3/c1-23-13-7-6-12(10-14(13)24-2)18-15-8-9-16(21-20-15)19-17(22)11-4-3-5-11/h6-11H,3-5H2,1-2H3,(H,18,20)(H,19,21,22). The van der Waals surface area contributed by atoms with Crippen molar-refractivity contribution in [1.82, 2.24) is 10.2 Å². The highest BCUT2D eigenvalue weighted by Crippen LogP contribution is 2.31. The monoisotopic (exact) mass is 328 g/mol. The third kappa shape index (κ3) is 3.56. The molecule has 3 rings (SSSR count). The van der Waals surface area contributed by atoms with Crippen LogP contribution in [0.4, 0.5) is 17.3 Å². The van der Waals surface area contributed by atoms with Gasteiger partial charge in [-0.3, -0.25) is 4.79 Å². The molecular formula is C17H20N4O3. The van der Waals surface area contributed by atoms with E-state index in [-0.39, 0.29) is 11.8 Å². The Morgan fingerprint density at radius 2 is 1.75 bits per heavy atom. The van der Waals surface area contributed by atoms with Crippen LogP contribution in [-0.4, -0.2) is 30.3 Å². The van der Waals surface area contributed by atoms with Crippen molar-refractivity contribution in [3.63, 3.8) is 0 Å². The van der Waals surface area contributed by atoms with Gasteiger partial charge < -0.3 is 20.1 Å². The SMILES string of the molecule is COc1ccc(Nc2ccc(NC(=O)C3CCC3)nn2)cc1OC. The van der Waals surface area contributed by atoms with Crippen molar-refractivity contribution in [3.8, 4) is 11.5 Å². The summed E-state index contributed by atoms with van der Waals surface area (Å²) in [5.41, 5.74) is 0.799. The van der Waals surface area contributed by atoms with Crippen LogP contribution in [0.1, 0.15) is 19.3 Å². The summed E-state index contributed by atoms with van der Waals surface area (Å²) in [6, 6.07) is 8.97. The zero-order chi connectivity index (χ0) is 16.9. The maximum Gasteiger partial charge on any atom is 0.228 e. The van der Waals surface area contributed by atoms with E-state index in [1.54, 1.807) is 26.4 Å². The van der Waals surface area contributed by atoms with Crippen LogP contribution in [0.25, 0.3) is 0 Å². The predicted octanol–water partition coefficient (Wildman–Crippen LogP) is 2.98. The van der Waals surface area contributed by atoms with E-state index in [4.69, 9.17) is 9.47 Å². The van der Waals surface area contributed by atoms with Gasteiger partial charge in [0.2, 0.25) is 5.91 Å². The average Bonchev–Trinajstić information content (AvgIpc) is 2.55. The number of aromatic nitrogens is 2. The van der Waals surface area contributed by atoms with Gasteiger partial charge in [0.15, 0.2) is 23.1 Å². The van der Waals surface area contributed by atoms with Gasteiger partial charge in [-0.15, -0.1) is 10.2 Å². The molecule has 1 amide bonds. The number of ether oxygens (including phenoxy) is 2. The lowest BCUT2D eigenvalue weighted by Gasteiger charge is -2.23. The lowest BCUT2D eigenvalue weighted by atomic mass is 9.85. The van der Waals surface area contributed by atoms with E-state index in [9.17, 15) is 4.79 Å². The Labute approximate surface area is 140 Å². The molecule has 0 atom stereocenters. The third-order valence-electron chi connectivity index (χ3n) is 4.05. The molecular weight excluding hydrogens is 308 g/mol. The van der Waals surface area contributed by atoms with E-state index in [1.165, 1.54) is 0 Å². The van der Waals surface area contributed by atoms with E-state index < -0.39 is 0 Å². The molecule has 0 bridgehead atoms. The fraction of sp³-hybridized carbons (Fsp3) is 0.353. The van der Waals surface area contributed by atoms with E-state index >= 15 is 0 Å². The molecule has 0 saturated heterocycles. The molecule has 0 unspecified atom stereocenters. The van der Waals surface area contributed by atoms with E-state index in [0.29, 0.717) is 23.1 Å². The zero-order valence-corrected chi connectivity index (χ0v) is 13.7. The Morgan fingerprint density at radius 3 is 2.33 bits per heavy atom. The molecule has 1 heterocycles. The van der Waals surface area contributed by atoms with Crippen LogP contribution in [0.15, 0.2) is 30.3 Å². The first-order valence-electron chi connectivity index (χ1n) is 7.83. The second-order valence-electron chi connectivity index (χ2n) is 5.62. The lowest BCUT2D eigenvalue weighted by molar-refractivity contribution is -0.122. The lowest BCUT2D eigenvalue weighted by Crippen LogP contribution is -2.28. The first-order chi connectivity index (χ1) is 11.7. The van der Waals surface area contributed by atoms with Gasteiger partial charge in [0.05, 0.1) is 14.2 Å². The van der Waals surface area contributed by atoms with E-state index in [1.807, 2.05) is 18.2 Å². The summed E-state index contributed by atoms with van der Waals surface area (Å²) < 4.78 is 10.5. The van der Waals surface area contributed by atoms with Gasteiger partial charge in [0.1, 0.15) is 0 Å². The fourth-order valence-corrected chi connectivity index (χ4v) is 2.43. The number of methoxy groups -OCH3 is 2. The molecule has 1 aliphatic rings. The quantitative estimate of drug-likeness (QED) is 0.848. The molecule has 1 aromatic heterocycles. The van der Waals surface area contributed by atoms with Crippen LogP contribution in [0.5, 0.6) is 11.5 Å². The summed E-state index contributed by atoms with van der Waals surface area (Å²) in [6.07, 6.45) is 3.04. The van der Waals surface area contributed by atoms with Crippen LogP contribution in [-0.2, 0) is 4.79 Å². The number of carbonyl (C=O) groups excluding carboxylic acids is 1. The second kappa shape index (κ2) is 7.16. The van der Waals surface area contributed by atoms with Crippen LogP contribution < -0.4 is 20.1 Å². The first-order valence-corrected chi connectivity index (χ1v) is 7.83. The molecule has 2 aromatic rings. The molecule has 1 aromatic carbocycles. The first kappa shape index (κ1) is 16.0. The normalized spacial score (nSPS) is 13.8. The molecule has 2 N–H and O–H groups in total. The number of nitrogens with zero attached hydrogens (tertiary/aromatic N) is 2. The minimum absolute atomic E-state index is 0.0242. The summed E-state index contributed by atoms with van der Waals surface area (Å²) in [5, 5.41) is 14.0. The summed E-state index contributed by atoms with van der Waals surface area (Å²) in [7, 11) is 3.17. The number of hydrogen-bond acceptors (Lipinski definition) is 6. The van der Waals surface area contributed by atoms with Gasteiger partial charge in [-0.25, -0.2) is 0 Å². The highest BCUT2D eigenvalue weighted by molar-refractivity contribution is 5.92. The zero-order valence-electron chi connectivity index (χ0n) is 13.7. The Morgan fingerprint density at radius 1 is 1.04 bits per heavy atom. The summed E-state index contributed by atoms with van der Waals surface area (Å²) in [5.74, 6) is 2.46. The largest absolute Gasteiger partial charge is 0.493 e. The van der Waals surface area contributed by atoms with Gasteiger partial charge in [0, 0.05) is 17.7 Å². The molecule has 1 fully saturated rings. The number of carbonyl (C=O) groups is 1. The minimum Gasteiger partial charge on any atom is -0.493 e. The van der Waals surface area contributed by atoms with Gasteiger partial charge in [-0.05, 0) is 37.1 Å². The Kier molecular flexibility index (Phi) is 4.79. The summed E-state index contributed by atoms with van der Waals surface area (Å²) in [4.78, 5) is 11.9. The fourth-order valence-electron chi connectivity index (χ4n) is 2.43. The molecule has 126 valence electrons. The Balaban J connectivity index is 1.64. The third-order valence-corrected chi connectivity index (χ3v) is 4.05. The predicted molar refractivity (Wildman–Crippen MR) is 90.8 cm³/mol. The Bertz CT molecular complexity index is 714. The van der Waals surface area contributed by atoms with Crippen molar-refractivity contribution >= 4 is 23.2 Å². The molecule has 0 radical (unpaired) electrons. The van der Waals surface area contributed by atoms with Crippen LogP contribution in [0.3, 0.4) is 0 Å². The number of nitrogens with one attached hydrogen (secondary N) is 2. The van der Waals surface area contributed by atoms with Crippen molar-refractivity contribution < 1.29 is 14.3 Å². The maximum absolute atomic E-state index is 11.9. The molecule has 0 aliphatic heterocycles. The smallest absolute Gasteiger partial charge is 0.228 e. The highest BCUT2D eigenvalue weighted by Gasteiger charge is 2.25. The van der Waals surface area contributed by atoms with Crippen molar-refractivity contribution in [2.24, 2.45) is 5.92 Å².